The normalized spacial score (nSPS) is 22.5. The van der Waals surface area contributed by atoms with Gasteiger partial charge in [-0.1, -0.05) is 0 Å². The van der Waals surface area contributed by atoms with Crippen molar-refractivity contribution in [2.75, 3.05) is 38.4 Å². The highest BCUT2D eigenvalue weighted by atomic mass is 32.2. The Kier molecular flexibility index (Phi) is 5.11. The molecule has 0 spiro atoms. The van der Waals surface area contributed by atoms with Gasteiger partial charge in [-0.15, -0.1) is 0 Å². The summed E-state index contributed by atoms with van der Waals surface area (Å²) in [6.45, 7) is 0.372. The number of nitrogens with one attached hydrogen (secondary N) is 1. The minimum atomic E-state index is -4.57. The second-order valence-corrected chi connectivity index (χ2v) is 7.60. The molecule has 1 fully saturated rings. The van der Waals surface area contributed by atoms with Gasteiger partial charge in [0.25, 0.3) is 0 Å². The van der Waals surface area contributed by atoms with Crippen molar-refractivity contribution in [3.8, 4) is 0 Å². The molecule has 1 aromatic rings. The van der Waals surface area contributed by atoms with Crippen LogP contribution in [0.4, 0.5) is 19.1 Å². The Hall–Kier alpha value is -1.46. The molecule has 1 N–H and O–H groups in total. The molecule has 0 amide bonds. The summed E-state index contributed by atoms with van der Waals surface area (Å²) >= 11 is 0. The van der Waals surface area contributed by atoms with Gasteiger partial charge in [0.15, 0.2) is 0 Å². The van der Waals surface area contributed by atoms with Crippen molar-refractivity contribution < 1.29 is 26.3 Å². The van der Waals surface area contributed by atoms with Crippen LogP contribution >= 0.6 is 0 Å². The summed E-state index contributed by atoms with van der Waals surface area (Å²) in [7, 11) is -0.605. The molecule has 23 heavy (non-hydrogen) atoms. The number of alkyl halides is 3. The number of ether oxygens (including phenoxy) is 1. The van der Waals surface area contributed by atoms with E-state index >= 15 is 0 Å². The lowest BCUT2D eigenvalue weighted by Crippen LogP contribution is -2.37. The zero-order chi connectivity index (χ0) is 17.3. The number of rotatable bonds is 5. The molecule has 2 rings (SSSR count). The molecule has 1 aliphatic rings. The first kappa shape index (κ1) is 17.9. The van der Waals surface area contributed by atoms with Crippen LogP contribution in [0.15, 0.2) is 12.3 Å². The third kappa shape index (κ3) is 4.52. The fraction of sp³-hybridized carbons (Fsp3) is 0.667. The van der Waals surface area contributed by atoms with Crippen LogP contribution in [0.5, 0.6) is 0 Å². The molecule has 1 saturated heterocycles. The molecule has 1 aromatic heterocycles. The third-order valence-corrected chi connectivity index (χ3v) is 5.40. The first-order valence-corrected chi connectivity index (χ1v) is 8.35. The SMILES string of the molecule is CN(C)S(=O)(=O)C[C@@H]1COC[C@H]1Nc1nccc(C(F)(F)F)n1. The molecule has 2 heterocycles. The molecular weight excluding hydrogens is 337 g/mol. The quantitative estimate of drug-likeness (QED) is 0.843. The summed E-state index contributed by atoms with van der Waals surface area (Å²) < 4.78 is 68.1. The Labute approximate surface area is 131 Å². The maximum absolute atomic E-state index is 12.6. The van der Waals surface area contributed by atoms with Gasteiger partial charge in [0.2, 0.25) is 16.0 Å². The van der Waals surface area contributed by atoms with Gasteiger partial charge in [-0.05, 0) is 6.07 Å². The van der Waals surface area contributed by atoms with Crippen LogP contribution in [0.25, 0.3) is 0 Å². The Morgan fingerprint density at radius 1 is 1.39 bits per heavy atom. The van der Waals surface area contributed by atoms with Gasteiger partial charge in [0.05, 0.1) is 25.0 Å². The van der Waals surface area contributed by atoms with E-state index in [1.54, 1.807) is 0 Å². The van der Waals surface area contributed by atoms with Crippen molar-refractivity contribution in [2.24, 2.45) is 5.92 Å². The number of anilines is 1. The Bertz CT molecular complexity index is 651. The predicted octanol–water partition coefficient (Wildman–Crippen LogP) is 0.814. The van der Waals surface area contributed by atoms with E-state index in [9.17, 15) is 21.6 Å². The first-order chi connectivity index (χ1) is 10.6. The monoisotopic (exact) mass is 354 g/mol. The van der Waals surface area contributed by atoms with Crippen LogP contribution in [0.2, 0.25) is 0 Å². The number of hydrogen-bond donors (Lipinski definition) is 1. The molecule has 0 radical (unpaired) electrons. The van der Waals surface area contributed by atoms with Gasteiger partial charge in [-0.2, -0.15) is 13.2 Å². The molecule has 0 bridgehead atoms. The molecule has 0 aliphatic carbocycles. The molecule has 1 aliphatic heterocycles. The van der Waals surface area contributed by atoms with Gasteiger partial charge >= 0.3 is 6.18 Å². The molecule has 2 atom stereocenters. The van der Waals surface area contributed by atoms with E-state index in [1.165, 1.54) is 14.1 Å². The van der Waals surface area contributed by atoms with Gasteiger partial charge in [0, 0.05) is 26.2 Å². The average Bonchev–Trinajstić information content (AvgIpc) is 2.84. The van der Waals surface area contributed by atoms with Crippen molar-refractivity contribution in [3.63, 3.8) is 0 Å². The standard InChI is InChI=1S/C12H17F3N4O3S/c1-19(2)23(20,21)7-8-5-22-6-9(8)17-11-16-4-3-10(18-11)12(13,14)15/h3-4,8-9H,5-7H2,1-2H3,(H,16,17,18)/t8-,9+/m0/s1. The Morgan fingerprint density at radius 2 is 2.09 bits per heavy atom. The van der Waals surface area contributed by atoms with Crippen molar-refractivity contribution in [1.29, 1.82) is 0 Å². The summed E-state index contributed by atoms with van der Waals surface area (Å²) in [4.78, 5) is 7.16. The number of hydrogen-bond acceptors (Lipinski definition) is 6. The summed E-state index contributed by atoms with van der Waals surface area (Å²) in [5.41, 5.74) is -1.06. The molecule has 11 heteroatoms. The van der Waals surface area contributed by atoms with Crippen LogP contribution in [0.1, 0.15) is 5.69 Å². The van der Waals surface area contributed by atoms with Crippen molar-refractivity contribution in [1.82, 2.24) is 14.3 Å². The lowest BCUT2D eigenvalue weighted by molar-refractivity contribution is -0.141. The fourth-order valence-electron chi connectivity index (χ4n) is 2.09. The summed E-state index contributed by atoms with van der Waals surface area (Å²) in [5, 5.41) is 2.73. The summed E-state index contributed by atoms with van der Waals surface area (Å²) in [6.07, 6.45) is -3.57. The van der Waals surface area contributed by atoms with Gasteiger partial charge in [0.1, 0.15) is 5.69 Å². The number of sulfonamides is 1. The minimum Gasteiger partial charge on any atom is -0.379 e. The van der Waals surface area contributed by atoms with E-state index in [1.807, 2.05) is 0 Å². The van der Waals surface area contributed by atoms with Gasteiger partial charge in [-0.25, -0.2) is 22.7 Å². The second-order valence-electron chi connectivity index (χ2n) is 5.37. The lowest BCUT2D eigenvalue weighted by Gasteiger charge is -2.21. The highest BCUT2D eigenvalue weighted by molar-refractivity contribution is 7.89. The van der Waals surface area contributed by atoms with E-state index in [2.05, 4.69) is 15.3 Å². The number of aromatic nitrogens is 2. The average molecular weight is 354 g/mol. The van der Waals surface area contributed by atoms with Crippen molar-refractivity contribution >= 4 is 16.0 Å². The van der Waals surface area contributed by atoms with E-state index in [-0.39, 0.29) is 24.9 Å². The summed E-state index contributed by atoms with van der Waals surface area (Å²) in [6, 6.07) is 0.290. The third-order valence-electron chi connectivity index (χ3n) is 3.44. The zero-order valence-corrected chi connectivity index (χ0v) is 13.4. The smallest absolute Gasteiger partial charge is 0.379 e. The first-order valence-electron chi connectivity index (χ1n) is 6.74. The van der Waals surface area contributed by atoms with E-state index in [0.29, 0.717) is 0 Å². The van der Waals surface area contributed by atoms with Gasteiger partial charge < -0.3 is 10.1 Å². The van der Waals surface area contributed by atoms with Crippen molar-refractivity contribution in [2.45, 2.75) is 12.2 Å². The molecule has 0 saturated carbocycles. The molecule has 0 aromatic carbocycles. The van der Waals surface area contributed by atoms with E-state index in [4.69, 9.17) is 4.74 Å². The van der Waals surface area contributed by atoms with Gasteiger partial charge in [-0.3, -0.25) is 0 Å². The van der Waals surface area contributed by atoms with Crippen LogP contribution in [-0.4, -0.2) is 61.8 Å². The largest absolute Gasteiger partial charge is 0.433 e. The fourth-order valence-corrected chi connectivity index (χ4v) is 3.26. The van der Waals surface area contributed by atoms with Crippen LogP contribution in [0.3, 0.4) is 0 Å². The van der Waals surface area contributed by atoms with E-state index in [0.717, 1.165) is 16.6 Å². The maximum Gasteiger partial charge on any atom is 0.433 e. The minimum absolute atomic E-state index is 0.170. The second kappa shape index (κ2) is 6.57. The Morgan fingerprint density at radius 3 is 2.70 bits per heavy atom. The topological polar surface area (TPSA) is 84.4 Å². The predicted molar refractivity (Wildman–Crippen MR) is 76.2 cm³/mol. The van der Waals surface area contributed by atoms with Crippen LogP contribution < -0.4 is 5.32 Å². The molecule has 7 nitrogen and oxygen atoms in total. The molecular formula is C12H17F3N4O3S. The highest BCUT2D eigenvalue weighted by Gasteiger charge is 2.35. The molecule has 0 unspecified atom stereocenters. The number of halogens is 3. The Balaban J connectivity index is 2.10. The maximum atomic E-state index is 12.6. The summed E-state index contributed by atoms with van der Waals surface area (Å²) in [5.74, 6) is -0.778. The van der Waals surface area contributed by atoms with Crippen LogP contribution in [-0.2, 0) is 20.9 Å². The van der Waals surface area contributed by atoms with Crippen molar-refractivity contribution in [3.05, 3.63) is 18.0 Å². The number of nitrogens with zero attached hydrogens (tertiary/aromatic N) is 3. The molecule has 130 valence electrons. The zero-order valence-electron chi connectivity index (χ0n) is 12.5. The van der Waals surface area contributed by atoms with Crippen LogP contribution in [0, 0.1) is 5.92 Å². The van der Waals surface area contributed by atoms with E-state index < -0.39 is 33.9 Å². The highest BCUT2D eigenvalue weighted by Crippen LogP contribution is 2.28. The lowest BCUT2D eigenvalue weighted by atomic mass is 10.1.